The minimum absolute atomic E-state index is 0.280. The quantitative estimate of drug-likeness (QED) is 0.456. The van der Waals surface area contributed by atoms with E-state index in [-0.39, 0.29) is 6.61 Å². The van der Waals surface area contributed by atoms with Crippen LogP contribution in [0.5, 0.6) is 0 Å². The van der Waals surface area contributed by atoms with Crippen LogP contribution >= 0.6 is 0 Å². The molecule has 21 heavy (non-hydrogen) atoms. The Hall–Kier alpha value is -2.43. The molecule has 1 aliphatic heterocycles. The highest BCUT2D eigenvalue weighted by Crippen LogP contribution is 2.25. The summed E-state index contributed by atoms with van der Waals surface area (Å²) in [4.78, 5) is 36.9. The van der Waals surface area contributed by atoms with Gasteiger partial charge in [-0.05, 0) is 12.0 Å². The van der Waals surface area contributed by atoms with Crippen molar-refractivity contribution in [2.75, 3.05) is 6.61 Å². The number of hydrogen-bond donors (Lipinski definition) is 0. The number of amides is 2. The average Bonchev–Trinajstić information content (AvgIpc) is 2.81. The first-order valence-electron chi connectivity index (χ1n) is 6.92. The van der Waals surface area contributed by atoms with Gasteiger partial charge in [0.1, 0.15) is 0 Å². The molecule has 0 aromatic heterocycles. The lowest BCUT2D eigenvalue weighted by molar-refractivity contribution is -0.158. The third-order valence-electron chi connectivity index (χ3n) is 3.18. The molecule has 5 nitrogen and oxygen atoms in total. The van der Waals surface area contributed by atoms with Crippen LogP contribution in [0.3, 0.4) is 0 Å². The second-order valence-electron chi connectivity index (χ2n) is 4.71. The zero-order valence-electron chi connectivity index (χ0n) is 11.8. The predicted molar refractivity (Wildman–Crippen MR) is 76.0 cm³/mol. The number of ether oxygens (including phenoxy) is 1. The van der Waals surface area contributed by atoms with Gasteiger partial charge in [-0.15, -0.1) is 0 Å². The predicted octanol–water partition coefficient (Wildman–Crippen LogP) is 2.00. The van der Waals surface area contributed by atoms with Crippen LogP contribution in [0.15, 0.2) is 42.5 Å². The molecule has 110 valence electrons. The highest BCUT2D eigenvalue weighted by atomic mass is 16.5. The van der Waals surface area contributed by atoms with Crippen molar-refractivity contribution in [1.82, 2.24) is 4.90 Å². The molecule has 1 aromatic rings. The van der Waals surface area contributed by atoms with E-state index in [4.69, 9.17) is 4.74 Å². The van der Waals surface area contributed by atoms with Gasteiger partial charge in [-0.25, -0.2) is 4.79 Å². The molecular weight excluding hydrogens is 270 g/mol. The minimum atomic E-state index is -1.03. The Bertz CT molecular complexity index is 547. The van der Waals surface area contributed by atoms with E-state index in [0.717, 1.165) is 29.9 Å². The third kappa shape index (κ3) is 3.37. The molecule has 0 fully saturated rings. The molecule has 0 unspecified atom stereocenters. The fourth-order valence-corrected chi connectivity index (χ4v) is 2.09. The summed E-state index contributed by atoms with van der Waals surface area (Å²) in [7, 11) is 0. The smallest absolute Gasteiger partial charge is 0.334 e. The first-order chi connectivity index (χ1) is 10.1. The van der Waals surface area contributed by atoms with Crippen molar-refractivity contribution in [2.24, 2.45) is 0 Å². The van der Waals surface area contributed by atoms with Crippen LogP contribution in [0.25, 0.3) is 0 Å². The first kappa shape index (κ1) is 15.0. The molecule has 1 atom stereocenters. The zero-order chi connectivity index (χ0) is 15.2. The number of hydrogen-bond acceptors (Lipinski definition) is 4. The van der Waals surface area contributed by atoms with Gasteiger partial charge in [0.2, 0.25) is 0 Å². The lowest BCUT2D eigenvalue weighted by Gasteiger charge is -2.24. The Morgan fingerprint density at radius 1 is 1.14 bits per heavy atom. The molecule has 0 saturated heterocycles. The largest absolute Gasteiger partial charge is 0.464 e. The highest BCUT2D eigenvalue weighted by molar-refractivity contribution is 6.14. The number of esters is 1. The second-order valence-corrected chi connectivity index (χ2v) is 4.71. The van der Waals surface area contributed by atoms with Crippen molar-refractivity contribution >= 4 is 17.8 Å². The van der Waals surface area contributed by atoms with Gasteiger partial charge in [-0.2, -0.15) is 0 Å². The molecule has 0 bridgehead atoms. The maximum absolute atomic E-state index is 12.3. The molecule has 5 heteroatoms. The van der Waals surface area contributed by atoms with E-state index in [1.807, 2.05) is 6.92 Å². The van der Waals surface area contributed by atoms with Crippen molar-refractivity contribution in [3.05, 3.63) is 48.0 Å². The summed E-state index contributed by atoms with van der Waals surface area (Å²) >= 11 is 0. The fourth-order valence-electron chi connectivity index (χ4n) is 2.09. The summed E-state index contributed by atoms with van der Waals surface area (Å²) < 4.78 is 5.20. The summed E-state index contributed by atoms with van der Waals surface area (Å²) in [6.45, 7) is 2.27. The number of carbonyl (C=O) groups excluding carboxylic acids is 3. The van der Waals surface area contributed by atoms with Gasteiger partial charge in [0.15, 0.2) is 6.04 Å². The van der Waals surface area contributed by atoms with Gasteiger partial charge < -0.3 is 4.74 Å². The summed E-state index contributed by atoms with van der Waals surface area (Å²) in [6, 6.07) is 7.67. The number of imide groups is 1. The normalized spacial score (nSPS) is 15.4. The number of carbonyl (C=O) groups is 3. The van der Waals surface area contributed by atoms with Crippen LogP contribution in [0, 0.1) is 0 Å². The SMILES string of the molecule is CCCCOC(=O)[C@@H](c1ccccc1)N1C(=O)C=CC1=O. The summed E-state index contributed by atoms with van der Waals surface area (Å²) in [5.74, 6) is -1.58. The maximum atomic E-state index is 12.3. The van der Waals surface area contributed by atoms with E-state index >= 15 is 0 Å². The van der Waals surface area contributed by atoms with Crippen LogP contribution in [-0.4, -0.2) is 29.3 Å². The van der Waals surface area contributed by atoms with Gasteiger partial charge in [0.05, 0.1) is 6.61 Å². The van der Waals surface area contributed by atoms with E-state index in [0.29, 0.717) is 5.56 Å². The van der Waals surface area contributed by atoms with Crippen LogP contribution in [0.4, 0.5) is 0 Å². The topological polar surface area (TPSA) is 63.7 Å². The molecular formula is C16H17NO4. The zero-order valence-corrected chi connectivity index (χ0v) is 11.8. The van der Waals surface area contributed by atoms with Crippen LogP contribution < -0.4 is 0 Å². The fraction of sp³-hybridized carbons (Fsp3) is 0.312. The van der Waals surface area contributed by atoms with Gasteiger partial charge in [-0.1, -0.05) is 43.7 Å². The van der Waals surface area contributed by atoms with E-state index in [1.54, 1.807) is 30.3 Å². The van der Waals surface area contributed by atoms with Gasteiger partial charge in [0, 0.05) is 12.2 Å². The van der Waals surface area contributed by atoms with Crippen LogP contribution in [0.1, 0.15) is 31.4 Å². The molecule has 1 aliphatic rings. The van der Waals surface area contributed by atoms with Crippen molar-refractivity contribution in [3.63, 3.8) is 0 Å². The Morgan fingerprint density at radius 2 is 1.76 bits per heavy atom. The van der Waals surface area contributed by atoms with Crippen molar-refractivity contribution in [3.8, 4) is 0 Å². The molecule has 1 heterocycles. The molecule has 0 spiro atoms. The molecule has 2 amide bonds. The van der Waals surface area contributed by atoms with E-state index < -0.39 is 23.8 Å². The summed E-state index contributed by atoms with van der Waals surface area (Å²) in [6.07, 6.45) is 3.97. The van der Waals surface area contributed by atoms with Gasteiger partial charge in [-0.3, -0.25) is 14.5 Å². The number of rotatable bonds is 6. The van der Waals surface area contributed by atoms with E-state index in [9.17, 15) is 14.4 Å². The highest BCUT2D eigenvalue weighted by Gasteiger charge is 2.37. The number of unbranched alkanes of at least 4 members (excludes halogenated alkanes) is 1. The van der Waals surface area contributed by atoms with E-state index in [1.165, 1.54) is 0 Å². The van der Waals surface area contributed by atoms with Gasteiger partial charge >= 0.3 is 5.97 Å². The molecule has 0 aliphatic carbocycles. The Labute approximate surface area is 123 Å². The van der Waals surface area contributed by atoms with Crippen molar-refractivity contribution in [1.29, 1.82) is 0 Å². The second kappa shape index (κ2) is 6.83. The summed E-state index contributed by atoms with van der Waals surface area (Å²) in [5.41, 5.74) is 0.560. The molecule has 0 saturated carbocycles. The lowest BCUT2D eigenvalue weighted by atomic mass is 10.1. The first-order valence-corrected chi connectivity index (χ1v) is 6.92. The standard InChI is InChI=1S/C16H17NO4/c1-2-3-11-21-16(20)15(12-7-5-4-6-8-12)17-13(18)9-10-14(17)19/h4-10,15H,2-3,11H2,1H3/t15-/m1/s1. The maximum Gasteiger partial charge on any atom is 0.334 e. The third-order valence-corrected chi connectivity index (χ3v) is 3.18. The van der Waals surface area contributed by atoms with Crippen LogP contribution in [-0.2, 0) is 19.1 Å². The lowest BCUT2D eigenvalue weighted by Crippen LogP contribution is -2.39. The number of benzene rings is 1. The summed E-state index contributed by atoms with van der Waals surface area (Å²) in [5, 5.41) is 0. The molecule has 0 radical (unpaired) electrons. The Balaban J connectivity index is 2.25. The van der Waals surface area contributed by atoms with E-state index in [2.05, 4.69) is 0 Å². The molecule has 1 aromatic carbocycles. The van der Waals surface area contributed by atoms with Crippen molar-refractivity contribution < 1.29 is 19.1 Å². The number of nitrogens with zero attached hydrogens (tertiary/aromatic N) is 1. The Morgan fingerprint density at radius 3 is 2.33 bits per heavy atom. The van der Waals surface area contributed by atoms with Crippen LogP contribution in [0.2, 0.25) is 0 Å². The average molecular weight is 287 g/mol. The Kier molecular flexibility index (Phi) is 4.87. The molecule has 0 N–H and O–H groups in total. The van der Waals surface area contributed by atoms with Crippen molar-refractivity contribution in [2.45, 2.75) is 25.8 Å². The minimum Gasteiger partial charge on any atom is -0.464 e. The monoisotopic (exact) mass is 287 g/mol. The van der Waals surface area contributed by atoms with Gasteiger partial charge in [0.25, 0.3) is 11.8 Å². The molecule has 2 rings (SSSR count).